The second-order valence-electron chi connectivity index (χ2n) is 6.85. The quantitative estimate of drug-likeness (QED) is 0.858. The number of amides is 1. The summed E-state index contributed by atoms with van der Waals surface area (Å²) in [5.41, 5.74) is 1.04. The van der Waals surface area contributed by atoms with Crippen molar-refractivity contribution in [2.24, 2.45) is 5.41 Å². The highest BCUT2D eigenvalue weighted by Gasteiger charge is 2.56. The maximum atomic E-state index is 13.2. The van der Waals surface area contributed by atoms with Gasteiger partial charge in [0.1, 0.15) is 5.01 Å². The molecule has 0 bridgehead atoms. The highest BCUT2D eigenvalue weighted by molar-refractivity contribution is 7.09. The van der Waals surface area contributed by atoms with E-state index in [0.29, 0.717) is 5.91 Å². The summed E-state index contributed by atoms with van der Waals surface area (Å²) in [5, 5.41) is 3.16. The summed E-state index contributed by atoms with van der Waals surface area (Å²) in [5.74, 6) is 0.628. The highest BCUT2D eigenvalue weighted by atomic mass is 32.1. The first-order valence-corrected chi connectivity index (χ1v) is 9.56. The zero-order chi connectivity index (χ0) is 16.6. The van der Waals surface area contributed by atoms with E-state index in [9.17, 15) is 4.79 Å². The minimum Gasteiger partial charge on any atom is -0.342 e. The van der Waals surface area contributed by atoms with Gasteiger partial charge in [0, 0.05) is 43.7 Å². The Bertz CT molecular complexity index is 703. The van der Waals surface area contributed by atoms with Crippen molar-refractivity contribution in [2.45, 2.75) is 25.8 Å². The predicted octanol–water partition coefficient (Wildman–Crippen LogP) is 2.98. The molecule has 0 unspecified atom stereocenters. The van der Waals surface area contributed by atoms with Gasteiger partial charge in [0.2, 0.25) is 5.91 Å². The molecule has 0 N–H and O–H groups in total. The number of benzene rings is 1. The van der Waals surface area contributed by atoms with Crippen LogP contribution in [0, 0.1) is 5.41 Å². The SMILES string of the molecule is CCN1CC[C@@]2(CN(Cc3nccs3)C[C@@H]2c2ccccc2)C1=O. The number of carbonyl (C=O) groups excluding carboxylic acids is 1. The second kappa shape index (κ2) is 6.30. The zero-order valence-corrected chi connectivity index (χ0v) is 14.8. The Morgan fingerprint density at radius 3 is 2.83 bits per heavy atom. The van der Waals surface area contributed by atoms with Gasteiger partial charge in [0.25, 0.3) is 0 Å². The van der Waals surface area contributed by atoms with Crippen molar-refractivity contribution in [1.29, 1.82) is 0 Å². The summed E-state index contributed by atoms with van der Waals surface area (Å²) >= 11 is 1.70. The van der Waals surface area contributed by atoms with E-state index in [1.807, 2.05) is 22.5 Å². The Balaban J connectivity index is 1.65. The van der Waals surface area contributed by atoms with Crippen LogP contribution in [0.4, 0.5) is 0 Å². The number of rotatable bonds is 4. The number of hydrogen-bond donors (Lipinski definition) is 0. The molecule has 1 amide bonds. The minimum absolute atomic E-state index is 0.255. The minimum atomic E-state index is -0.255. The third kappa shape index (κ3) is 2.56. The van der Waals surface area contributed by atoms with E-state index < -0.39 is 0 Å². The monoisotopic (exact) mass is 341 g/mol. The molecule has 2 aromatic rings. The number of aromatic nitrogens is 1. The van der Waals surface area contributed by atoms with Crippen molar-refractivity contribution in [2.75, 3.05) is 26.2 Å². The van der Waals surface area contributed by atoms with Gasteiger partial charge in [-0.05, 0) is 18.9 Å². The molecule has 2 aliphatic rings. The molecule has 4 rings (SSSR count). The van der Waals surface area contributed by atoms with Crippen LogP contribution in [0.25, 0.3) is 0 Å². The maximum absolute atomic E-state index is 13.2. The maximum Gasteiger partial charge on any atom is 0.230 e. The molecule has 1 spiro atoms. The van der Waals surface area contributed by atoms with E-state index in [4.69, 9.17) is 0 Å². The molecule has 2 saturated heterocycles. The van der Waals surface area contributed by atoms with E-state index in [2.05, 4.69) is 41.1 Å². The van der Waals surface area contributed by atoms with Crippen LogP contribution in [0.1, 0.15) is 29.8 Å². The number of hydrogen-bond acceptors (Lipinski definition) is 4. The van der Waals surface area contributed by atoms with Crippen LogP contribution in [-0.2, 0) is 11.3 Å². The molecule has 2 aliphatic heterocycles. The molecule has 1 aromatic carbocycles. The molecule has 4 nitrogen and oxygen atoms in total. The van der Waals surface area contributed by atoms with Gasteiger partial charge in [-0.15, -0.1) is 11.3 Å². The Hall–Kier alpha value is -1.72. The van der Waals surface area contributed by atoms with Crippen LogP contribution >= 0.6 is 11.3 Å². The van der Waals surface area contributed by atoms with Gasteiger partial charge >= 0.3 is 0 Å². The normalized spacial score (nSPS) is 27.5. The largest absolute Gasteiger partial charge is 0.342 e. The third-order valence-electron chi connectivity index (χ3n) is 5.58. The highest BCUT2D eigenvalue weighted by Crippen LogP contribution is 2.50. The van der Waals surface area contributed by atoms with Gasteiger partial charge in [-0.1, -0.05) is 30.3 Å². The van der Waals surface area contributed by atoms with E-state index >= 15 is 0 Å². The summed E-state index contributed by atoms with van der Waals surface area (Å²) < 4.78 is 0. The third-order valence-corrected chi connectivity index (χ3v) is 6.34. The van der Waals surface area contributed by atoms with Crippen molar-refractivity contribution in [1.82, 2.24) is 14.8 Å². The lowest BCUT2D eigenvalue weighted by molar-refractivity contribution is -0.136. The zero-order valence-electron chi connectivity index (χ0n) is 14.0. The molecular formula is C19H23N3OS. The lowest BCUT2D eigenvalue weighted by Gasteiger charge is -2.29. The van der Waals surface area contributed by atoms with Crippen molar-refractivity contribution >= 4 is 17.2 Å². The number of likely N-dealkylation sites (tertiary alicyclic amines) is 2. The van der Waals surface area contributed by atoms with Crippen LogP contribution in [0.15, 0.2) is 41.9 Å². The summed E-state index contributed by atoms with van der Waals surface area (Å²) in [7, 11) is 0. The Labute approximate surface area is 147 Å². The van der Waals surface area contributed by atoms with Gasteiger partial charge < -0.3 is 4.90 Å². The first-order chi connectivity index (χ1) is 11.7. The molecule has 0 saturated carbocycles. The van der Waals surface area contributed by atoms with E-state index in [-0.39, 0.29) is 11.3 Å². The van der Waals surface area contributed by atoms with Gasteiger partial charge in [0.05, 0.1) is 12.0 Å². The smallest absolute Gasteiger partial charge is 0.230 e. The Morgan fingerprint density at radius 2 is 2.17 bits per heavy atom. The second-order valence-corrected chi connectivity index (χ2v) is 7.83. The summed E-state index contributed by atoms with van der Waals surface area (Å²) in [6.07, 6.45) is 2.83. The van der Waals surface area contributed by atoms with Gasteiger partial charge in [-0.3, -0.25) is 9.69 Å². The molecule has 0 radical (unpaired) electrons. The van der Waals surface area contributed by atoms with Crippen molar-refractivity contribution in [3.8, 4) is 0 Å². The van der Waals surface area contributed by atoms with Crippen molar-refractivity contribution in [3.63, 3.8) is 0 Å². The standard InChI is InChI=1S/C19H23N3OS/c1-2-22-10-8-19(18(22)23)14-21(13-17-20-9-11-24-17)12-16(19)15-6-4-3-5-7-15/h3-7,9,11,16H,2,8,10,12-14H2,1H3/t16-,19+/m1/s1. The number of nitrogens with zero attached hydrogens (tertiary/aromatic N) is 3. The topological polar surface area (TPSA) is 36.4 Å². The molecule has 0 aliphatic carbocycles. The summed E-state index contributed by atoms with van der Waals surface area (Å²) in [6, 6.07) is 10.6. The number of thiazole rings is 1. The lowest BCUT2D eigenvalue weighted by atomic mass is 9.73. The van der Waals surface area contributed by atoms with Gasteiger partial charge in [-0.2, -0.15) is 0 Å². The molecule has 1 aromatic heterocycles. The Kier molecular flexibility index (Phi) is 4.14. The average molecular weight is 341 g/mol. The first-order valence-electron chi connectivity index (χ1n) is 8.68. The van der Waals surface area contributed by atoms with Gasteiger partial charge in [0.15, 0.2) is 0 Å². The fourth-order valence-electron chi connectivity index (χ4n) is 4.39. The lowest BCUT2D eigenvalue weighted by Crippen LogP contribution is -2.39. The predicted molar refractivity (Wildman–Crippen MR) is 95.9 cm³/mol. The van der Waals surface area contributed by atoms with Crippen LogP contribution in [0.5, 0.6) is 0 Å². The molecule has 126 valence electrons. The van der Waals surface area contributed by atoms with Crippen LogP contribution in [0.3, 0.4) is 0 Å². The first kappa shape index (κ1) is 15.8. The van der Waals surface area contributed by atoms with E-state index in [0.717, 1.165) is 44.2 Å². The Morgan fingerprint density at radius 1 is 1.33 bits per heavy atom. The van der Waals surface area contributed by atoms with Crippen LogP contribution in [0.2, 0.25) is 0 Å². The molecule has 2 fully saturated rings. The molecular weight excluding hydrogens is 318 g/mol. The van der Waals surface area contributed by atoms with E-state index in [1.54, 1.807) is 11.3 Å². The van der Waals surface area contributed by atoms with E-state index in [1.165, 1.54) is 5.56 Å². The number of carbonyl (C=O) groups is 1. The van der Waals surface area contributed by atoms with Gasteiger partial charge in [-0.25, -0.2) is 4.98 Å². The van der Waals surface area contributed by atoms with Crippen molar-refractivity contribution in [3.05, 3.63) is 52.5 Å². The molecule has 3 heterocycles. The molecule has 24 heavy (non-hydrogen) atoms. The van der Waals surface area contributed by atoms with Crippen molar-refractivity contribution < 1.29 is 4.79 Å². The average Bonchev–Trinajstić information content (AvgIpc) is 3.31. The fourth-order valence-corrected chi connectivity index (χ4v) is 5.05. The molecule has 5 heteroatoms. The molecule has 2 atom stereocenters. The summed E-state index contributed by atoms with van der Waals surface area (Å²) in [4.78, 5) is 22.1. The van der Waals surface area contributed by atoms with Crippen LogP contribution < -0.4 is 0 Å². The summed E-state index contributed by atoms with van der Waals surface area (Å²) in [6.45, 7) is 6.42. The fraction of sp³-hybridized carbons (Fsp3) is 0.474. The van der Waals surface area contributed by atoms with Crippen LogP contribution in [-0.4, -0.2) is 46.9 Å².